The van der Waals surface area contributed by atoms with E-state index in [0.717, 1.165) is 11.1 Å². The fourth-order valence-corrected chi connectivity index (χ4v) is 1.70. The number of aryl methyl sites for hydroxylation is 1. The van der Waals surface area contributed by atoms with Crippen molar-refractivity contribution in [2.45, 2.75) is 39.7 Å². The molecule has 1 aromatic rings. The predicted octanol–water partition coefficient (Wildman–Crippen LogP) is 3.17. The number of hydrogen-bond acceptors (Lipinski definition) is 3. The van der Waals surface area contributed by atoms with E-state index in [1.807, 2.05) is 45.9 Å². The molecule has 0 unspecified atom stereocenters. The molecule has 0 aromatic heterocycles. The van der Waals surface area contributed by atoms with E-state index in [9.17, 15) is 4.79 Å². The molecule has 0 saturated heterocycles. The SMILES string of the molecule is Cc1ccc(NC(=O)OC(C)(C)C)cc1CC(N)=S. The summed E-state index contributed by atoms with van der Waals surface area (Å²) in [6.07, 6.45) is 0.0444. The van der Waals surface area contributed by atoms with Crippen molar-refractivity contribution in [3.8, 4) is 0 Å². The van der Waals surface area contributed by atoms with Crippen molar-refractivity contribution < 1.29 is 9.53 Å². The molecule has 0 aliphatic carbocycles. The van der Waals surface area contributed by atoms with Gasteiger partial charge in [-0.1, -0.05) is 18.3 Å². The van der Waals surface area contributed by atoms with Crippen LogP contribution in [0.3, 0.4) is 0 Å². The van der Waals surface area contributed by atoms with Crippen LogP contribution in [0.15, 0.2) is 18.2 Å². The Bertz CT molecular complexity index is 493. The zero-order chi connectivity index (χ0) is 14.6. The number of nitrogens with two attached hydrogens (primary N) is 1. The maximum atomic E-state index is 11.7. The Hall–Kier alpha value is -1.62. The van der Waals surface area contributed by atoms with E-state index < -0.39 is 11.7 Å². The molecule has 5 heteroatoms. The van der Waals surface area contributed by atoms with Gasteiger partial charge in [-0.15, -0.1) is 0 Å². The first-order valence-corrected chi connectivity index (χ1v) is 6.46. The van der Waals surface area contributed by atoms with Gasteiger partial charge in [0.05, 0.1) is 4.99 Å². The van der Waals surface area contributed by atoms with Crippen LogP contribution in [0.1, 0.15) is 31.9 Å². The van der Waals surface area contributed by atoms with Crippen molar-refractivity contribution in [2.75, 3.05) is 5.32 Å². The average Bonchev–Trinajstić information content (AvgIpc) is 2.19. The van der Waals surface area contributed by atoms with E-state index >= 15 is 0 Å². The normalized spacial score (nSPS) is 10.9. The fraction of sp³-hybridized carbons (Fsp3) is 0.429. The third kappa shape index (κ3) is 5.70. The lowest BCUT2D eigenvalue weighted by atomic mass is 10.0. The van der Waals surface area contributed by atoms with Gasteiger partial charge in [0, 0.05) is 12.1 Å². The fourth-order valence-electron chi connectivity index (χ4n) is 1.55. The highest BCUT2D eigenvalue weighted by atomic mass is 32.1. The lowest BCUT2D eigenvalue weighted by Crippen LogP contribution is -2.27. The smallest absolute Gasteiger partial charge is 0.412 e. The molecule has 0 atom stereocenters. The number of nitrogens with one attached hydrogen (secondary N) is 1. The van der Waals surface area contributed by atoms with Gasteiger partial charge in [-0.2, -0.15) is 0 Å². The Morgan fingerprint density at radius 3 is 2.58 bits per heavy atom. The molecule has 4 nitrogen and oxygen atoms in total. The molecule has 0 spiro atoms. The van der Waals surface area contributed by atoms with E-state index in [0.29, 0.717) is 17.1 Å². The molecular formula is C14H20N2O2S. The Kier molecular flexibility index (Phi) is 4.89. The van der Waals surface area contributed by atoms with Crippen LogP contribution < -0.4 is 11.1 Å². The molecule has 1 amide bonds. The third-order valence-electron chi connectivity index (χ3n) is 2.36. The molecule has 0 aliphatic heterocycles. The van der Waals surface area contributed by atoms with Crippen molar-refractivity contribution in [2.24, 2.45) is 5.73 Å². The maximum absolute atomic E-state index is 11.7. The number of thiocarbonyl (C=S) groups is 1. The van der Waals surface area contributed by atoms with E-state index in [4.69, 9.17) is 22.7 Å². The minimum atomic E-state index is -0.517. The number of hydrogen-bond donors (Lipinski definition) is 2. The van der Waals surface area contributed by atoms with Gasteiger partial charge in [-0.25, -0.2) is 4.79 Å². The number of benzene rings is 1. The van der Waals surface area contributed by atoms with Crippen molar-refractivity contribution in [1.29, 1.82) is 0 Å². The second kappa shape index (κ2) is 6.02. The Labute approximate surface area is 119 Å². The summed E-state index contributed by atoms with van der Waals surface area (Å²) in [5, 5.41) is 2.69. The molecular weight excluding hydrogens is 260 g/mol. The average molecular weight is 280 g/mol. The van der Waals surface area contributed by atoms with Crippen LogP contribution in [0.2, 0.25) is 0 Å². The van der Waals surface area contributed by atoms with Gasteiger partial charge in [-0.3, -0.25) is 5.32 Å². The van der Waals surface area contributed by atoms with Crippen molar-refractivity contribution in [1.82, 2.24) is 0 Å². The van der Waals surface area contributed by atoms with Crippen LogP contribution in [0.5, 0.6) is 0 Å². The highest BCUT2D eigenvalue weighted by molar-refractivity contribution is 7.80. The van der Waals surface area contributed by atoms with Crippen molar-refractivity contribution in [3.63, 3.8) is 0 Å². The molecule has 19 heavy (non-hydrogen) atoms. The van der Waals surface area contributed by atoms with Gasteiger partial charge in [0.15, 0.2) is 0 Å². The lowest BCUT2D eigenvalue weighted by Gasteiger charge is -2.20. The number of carbonyl (C=O) groups excluding carboxylic acids is 1. The molecule has 0 saturated carbocycles. The minimum Gasteiger partial charge on any atom is -0.444 e. The summed E-state index contributed by atoms with van der Waals surface area (Å²) >= 11 is 4.91. The van der Waals surface area contributed by atoms with Crippen molar-refractivity contribution in [3.05, 3.63) is 29.3 Å². The molecule has 0 radical (unpaired) electrons. The Morgan fingerprint density at radius 1 is 1.42 bits per heavy atom. The summed E-state index contributed by atoms with van der Waals surface area (Å²) in [5.74, 6) is 0. The monoisotopic (exact) mass is 280 g/mol. The van der Waals surface area contributed by atoms with Crippen LogP contribution in [0.25, 0.3) is 0 Å². The van der Waals surface area contributed by atoms with Crippen LogP contribution in [0.4, 0.5) is 10.5 Å². The molecule has 1 aromatic carbocycles. The van der Waals surface area contributed by atoms with Gasteiger partial charge in [0.2, 0.25) is 0 Å². The number of carbonyl (C=O) groups is 1. The largest absolute Gasteiger partial charge is 0.444 e. The van der Waals surface area contributed by atoms with Gasteiger partial charge in [0.1, 0.15) is 5.60 Å². The molecule has 0 fully saturated rings. The van der Waals surface area contributed by atoms with E-state index in [1.165, 1.54) is 0 Å². The van der Waals surface area contributed by atoms with E-state index in [2.05, 4.69) is 5.32 Å². The Balaban J connectivity index is 2.79. The molecule has 0 bridgehead atoms. The quantitative estimate of drug-likeness (QED) is 0.835. The van der Waals surface area contributed by atoms with Crippen LogP contribution >= 0.6 is 12.2 Å². The summed E-state index contributed by atoms with van der Waals surface area (Å²) in [5.41, 5.74) is 7.79. The molecule has 104 valence electrons. The summed E-state index contributed by atoms with van der Waals surface area (Å²) in [6, 6.07) is 5.60. The predicted molar refractivity (Wildman–Crippen MR) is 81.5 cm³/mol. The highest BCUT2D eigenvalue weighted by Crippen LogP contribution is 2.17. The van der Waals surface area contributed by atoms with Crippen molar-refractivity contribution >= 4 is 29.0 Å². The third-order valence-corrected chi connectivity index (χ3v) is 2.50. The molecule has 0 aliphatic rings. The zero-order valence-corrected chi connectivity index (χ0v) is 12.6. The summed E-state index contributed by atoms with van der Waals surface area (Å²) in [4.78, 5) is 12.1. The van der Waals surface area contributed by atoms with E-state index in [-0.39, 0.29) is 0 Å². The minimum absolute atomic E-state index is 0.428. The van der Waals surface area contributed by atoms with Crippen LogP contribution in [0, 0.1) is 6.92 Å². The van der Waals surface area contributed by atoms with Crippen LogP contribution in [-0.4, -0.2) is 16.7 Å². The molecule has 1 rings (SSSR count). The number of ether oxygens (including phenoxy) is 1. The van der Waals surface area contributed by atoms with Gasteiger partial charge < -0.3 is 10.5 Å². The maximum Gasteiger partial charge on any atom is 0.412 e. The standard InChI is InChI=1S/C14H20N2O2S/c1-9-5-6-11(7-10(9)8-12(15)19)16-13(17)18-14(2,3)4/h5-7H,8H2,1-4H3,(H2,15,19)(H,16,17). The van der Waals surface area contributed by atoms with Crippen LogP contribution in [-0.2, 0) is 11.2 Å². The number of anilines is 1. The first-order valence-electron chi connectivity index (χ1n) is 6.05. The second-order valence-electron chi connectivity index (χ2n) is 5.41. The van der Waals surface area contributed by atoms with Gasteiger partial charge in [-0.05, 0) is 51.0 Å². The molecule has 0 heterocycles. The zero-order valence-electron chi connectivity index (χ0n) is 11.7. The first-order chi connectivity index (χ1) is 8.67. The second-order valence-corrected chi connectivity index (χ2v) is 5.94. The molecule has 3 N–H and O–H groups in total. The number of rotatable bonds is 3. The lowest BCUT2D eigenvalue weighted by molar-refractivity contribution is 0.0636. The van der Waals surface area contributed by atoms with Gasteiger partial charge >= 0.3 is 6.09 Å². The number of amides is 1. The summed E-state index contributed by atoms with van der Waals surface area (Å²) in [6.45, 7) is 7.44. The highest BCUT2D eigenvalue weighted by Gasteiger charge is 2.16. The first kappa shape index (κ1) is 15.4. The topological polar surface area (TPSA) is 64.3 Å². The van der Waals surface area contributed by atoms with Gasteiger partial charge in [0.25, 0.3) is 0 Å². The van der Waals surface area contributed by atoms with E-state index in [1.54, 1.807) is 0 Å². The summed E-state index contributed by atoms with van der Waals surface area (Å²) in [7, 11) is 0. The Morgan fingerprint density at radius 2 is 2.05 bits per heavy atom. The summed E-state index contributed by atoms with van der Waals surface area (Å²) < 4.78 is 5.19.